The van der Waals surface area contributed by atoms with E-state index in [4.69, 9.17) is 0 Å². The molecule has 0 unspecified atom stereocenters. The number of hydrogen-bond donors (Lipinski definition) is 1. The highest BCUT2D eigenvalue weighted by Gasteiger charge is 2.29. The van der Waals surface area contributed by atoms with E-state index in [0.717, 1.165) is 0 Å². The van der Waals surface area contributed by atoms with Gasteiger partial charge in [-0.15, -0.1) is 0 Å². The van der Waals surface area contributed by atoms with Crippen molar-refractivity contribution >= 4 is 33.2 Å². The molecule has 2 aromatic rings. The van der Waals surface area contributed by atoms with Crippen molar-refractivity contribution in [3.63, 3.8) is 0 Å². The lowest BCUT2D eigenvalue weighted by molar-refractivity contribution is -0.384. The van der Waals surface area contributed by atoms with Crippen molar-refractivity contribution in [1.82, 2.24) is 9.21 Å². The Labute approximate surface area is 179 Å². The predicted molar refractivity (Wildman–Crippen MR) is 113 cm³/mol. The normalized spacial score (nSPS) is 14.8. The van der Waals surface area contributed by atoms with Crippen molar-refractivity contribution in [2.75, 3.05) is 31.5 Å². The molecule has 1 fully saturated rings. The number of anilines is 1. The largest absolute Gasteiger partial charge is 0.340 e. The number of sulfonamides is 1. The van der Waals surface area contributed by atoms with Gasteiger partial charge in [0.1, 0.15) is 0 Å². The maximum absolute atomic E-state index is 13.0. The molecule has 3 rings (SSSR count). The molecule has 0 aromatic heterocycles. The molecule has 1 aliphatic rings. The summed E-state index contributed by atoms with van der Waals surface area (Å²) in [5.41, 5.74) is 0.843. The van der Waals surface area contributed by atoms with Crippen molar-refractivity contribution in [3.8, 4) is 0 Å². The van der Waals surface area contributed by atoms with Crippen LogP contribution in [0.3, 0.4) is 0 Å². The summed E-state index contributed by atoms with van der Waals surface area (Å²) in [4.78, 5) is 36.1. The van der Waals surface area contributed by atoms with Gasteiger partial charge in [0.2, 0.25) is 15.9 Å². The third-order valence-corrected chi connectivity index (χ3v) is 6.99. The molecule has 2 amide bonds. The molecule has 0 saturated carbocycles. The Morgan fingerprint density at radius 3 is 2.35 bits per heavy atom. The van der Waals surface area contributed by atoms with Crippen LogP contribution in [0.5, 0.6) is 0 Å². The summed E-state index contributed by atoms with van der Waals surface area (Å²) in [6.45, 7) is 4.09. The molecular weight excluding hydrogens is 424 g/mol. The molecule has 164 valence electrons. The second-order valence-electron chi connectivity index (χ2n) is 7.15. The van der Waals surface area contributed by atoms with E-state index >= 15 is 0 Å². The Morgan fingerprint density at radius 2 is 1.74 bits per heavy atom. The van der Waals surface area contributed by atoms with Crippen molar-refractivity contribution < 1.29 is 22.9 Å². The summed E-state index contributed by atoms with van der Waals surface area (Å²) in [7, 11) is -3.84. The summed E-state index contributed by atoms with van der Waals surface area (Å²) in [5, 5.41) is 13.6. The van der Waals surface area contributed by atoms with Gasteiger partial charge in [-0.1, -0.05) is 12.1 Å². The lowest BCUT2D eigenvalue weighted by Gasteiger charge is -2.33. The van der Waals surface area contributed by atoms with Crippen LogP contribution in [0.15, 0.2) is 47.4 Å². The van der Waals surface area contributed by atoms with E-state index in [1.165, 1.54) is 53.7 Å². The predicted octanol–water partition coefficient (Wildman–Crippen LogP) is 2.01. The number of rotatable bonds is 5. The molecule has 0 radical (unpaired) electrons. The third kappa shape index (κ3) is 4.89. The number of aryl methyl sites for hydroxylation is 1. The monoisotopic (exact) mass is 446 g/mol. The fourth-order valence-electron chi connectivity index (χ4n) is 3.24. The fourth-order valence-corrected chi connectivity index (χ4v) is 4.71. The highest BCUT2D eigenvalue weighted by Crippen LogP contribution is 2.24. The number of nitrogens with one attached hydrogen (secondary N) is 1. The Bertz CT molecular complexity index is 1140. The number of nitro groups is 1. The maximum Gasteiger partial charge on any atom is 0.271 e. The smallest absolute Gasteiger partial charge is 0.271 e. The summed E-state index contributed by atoms with van der Waals surface area (Å²) < 4.78 is 27.3. The molecule has 11 heteroatoms. The van der Waals surface area contributed by atoms with Gasteiger partial charge in [-0.05, 0) is 30.7 Å². The van der Waals surface area contributed by atoms with E-state index in [1.54, 1.807) is 11.8 Å². The first-order valence-electron chi connectivity index (χ1n) is 9.51. The van der Waals surface area contributed by atoms with Crippen LogP contribution in [0.25, 0.3) is 0 Å². The SMILES string of the molecule is CC(=O)N1CCN(S(=O)(=O)c2cccc(C(=O)Nc3cc([N+](=O)[O-])ccc3C)c2)CC1. The van der Waals surface area contributed by atoms with E-state index in [1.807, 2.05) is 0 Å². The van der Waals surface area contributed by atoms with Gasteiger partial charge in [0, 0.05) is 50.8 Å². The van der Waals surface area contributed by atoms with Crippen molar-refractivity contribution in [3.05, 3.63) is 63.7 Å². The minimum absolute atomic E-state index is 0.0350. The standard InChI is InChI=1S/C20H22N4O6S/c1-14-6-7-17(24(27)28)13-19(14)21-20(26)16-4-3-5-18(12-16)31(29,30)23-10-8-22(9-11-23)15(2)25/h3-7,12-13H,8-11H2,1-2H3,(H,21,26). The summed E-state index contributed by atoms with van der Waals surface area (Å²) >= 11 is 0. The van der Waals surface area contributed by atoms with Gasteiger partial charge >= 0.3 is 0 Å². The van der Waals surface area contributed by atoms with Gasteiger partial charge in [-0.2, -0.15) is 4.31 Å². The Hall–Kier alpha value is -3.31. The highest BCUT2D eigenvalue weighted by molar-refractivity contribution is 7.89. The molecule has 0 bridgehead atoms. The lowest BCUT2D eigenvalue weighted by Crippen LogP contribution is -2.49. The minimum atomic E-state index is -3.84. The molecule has 0 atom stereocenters. The van der Waals surface area contributed by atoms with Gasteiger partial charge in [-0.3, -0.25) is 19.7 Å². The zero-order valence-corrected chi connectivity index (χ0v) is 17.9. The summed E-state index contributed by atoms with van der Waals surface area (Å²) in [6, 6.07) is 9.72. The number of carbonyl (C=O) groups is 2. The van der Waals surface area contributed by atoms with E-state index in [0.29, 0.717) is 18.7 Å². The van der Waals surface area contributed by atoms with E-state index in [-0.39, 0.29) is 40.8 Å². The summed E-state index contributed by atoms with van der Waals surface area (Å²) in [6.07, 6.45) is 0. The van der Waals surface area contributed by atoms with Crippen LogP contribution in [0, 0.1) is 17.0 Å². The molecule has 31 heavy (non-hydrogen) atoms. The van der Waals surface area contributed by atoms with E-state index in [2.05, 4.69) is 5.32 Å². The first-order valence-corrected chi connectivity index (χ1v) is 11.0. The van der Waals surface area contributed by atoms with Crippen molar-refractivity contribution in [1.29, 1.82) is 0 Å². The van der Waals surface area contributed by atoms with Gasteiger partial charge in [-0.25, -0.2) is 8.42 Å². The van der Waals surface area contributed by atoms with Crippen LogP contribution >= 0.6 is 0 Å². The first kappa shape index (κ1) is 22.4. The maximum atomic E-state index is 13.0. The average Bonchev–Trinajstić information content (AvgIpc) is 2.75. The number of piperazine rings is 1. The Kier molecular flexibility index (Phi) is 6.37. The number of carbonyl (C=O) groups excluding carboxylic acids is 2. The van der Waals surface area contributed by atoms with Gasteiger partial charge < -0.3 is 10.2 Å². The van der Waals surface area contributed by atoms with Crippen LogP contribution in [0.2, 0.25) is 0 Å². The third-order valence-electron chi connectivity index (χ3n) is 5.10. The van der Waals surface area contributed by atoms with Gasteiger partial charge in [0.05, 0.1) is 15.5 Å². The average molecular weight is 446 g/mol. The fraction of sp³-hybridized carbons (Fsp3) is 0.300. The van der Waals surface area contributed by atoms with Crippen LogP contribution in [-0.4, -0.2) is 60.5 Å². The molecule has 0 spiro atoms. The van der Waals surface area contributed by atoms with Crippen molar-refractivity contribution in [2.24, 2.45) is 0 Å². The second kappa shape index (κ2) is 8.82. The Balaban J connectivity index is 1.80. The summed E-state index contributed by atoms with van der Waals surface area (Å²) in [5.74, 6) is -0.686. The molecule has 10 nitrogen and oxygen atoms in total. The number of amides is 2. The van der Waals surface area contributed by atoms with E-state index in [9.17, 15) is 28.1 Å². The number of non-ortho nitro benzene ring substituents is 1. The van der Waals surface area contributed by atoms with Crippen LogP contribution in [-0.2, 0) is 14.8 Å². The first-order chi connectivity index (χ1) is 14.6. The second-order valence-corrected chi connectivity index (χ2v) is 9.09. The number of hydrogen-bond acceptors (Lipinski definition) is 6. The van der Waals surface area contributed by atoms with Gasteiger partial charge in [0.15, 0.2) is 0 Å². The molecule has 2 aromatic carbocycles. The Morgan fingerprint density at radius 1 is 1.06 bits per heavy atom. The number of nitrogens with zero attached hydrogens (tertiary/aromatic N) is 3. The molecule has 0 aliphatic carbocycles. The lowest BCUT2D eigenvalue weighted by atomic mass is 10.1. The highest BCUT2D eigenvalue weighted by atomic mass is 32.2. The topological polar surface area (TPSA) is 130 Å². The van der Waals surface area contributed by atoms with Crippen molar-refractivity contribution in [2.45, 2.75) is 18.7 Å². The zero-order chi connectivity index (χ0) is 22.8. The molecule has 1 heterocycles. The quantitative estimate of drug-likeness (QED) is 0.552. The zero-order valence-electron chi connectivity index (χ0n) is 17.1. The number of benzene rings is 2. The van der Waals surface area contributed by atoms with Crippen LogP contribution in [0.4, 0.5) is 11.4 Å². The molecule has 1 saturated heterocycles. The number of nitro benzene ring substituents is 1. The molecule has 1 aliphatic heterocycles. The molecular formula is C20H22N4O6S. The van der Waals surface area contributed by atoms with E-state index < -0.39 is 20.9 Å². The van der Waals surface area contributed by atoms with Gasteiger partial charge in [0.25, 0.3) is 11.6 Å². The minimum Gasteiger partial charge on any atom is -0.340 e. The van der Waals surface area contributed by atoms with Crippen LogP contribution < -0.4 is 5.32 Å². The van der Waals surface area contributed by atoms with Crippen LogP contribution in [0.1, 0.15) is 22.8 Å². The molecule has 1 N–H and O–H groups in total.